The quantitative estimate of drug-likeness (QED) is 0.884. The highest BCUT2D eigenvalue weighted by molar-refractivity contribution is 5.76. The summed E-state index contributed by atoms with van der Waals surface area (Å²) in [6, 6.07) is 13.7. The molecular weight excluding hydrogens is 281 g/mol. The van der Waals surface area contributed by atoms with Gasteiger partial charge < -0.3 is 10.1 Å². The Kier molecular flexibility index (Phi) is 5.53. The van der Waals surface area contributed by atoms with Crippen LogP contribution in [0.2, 0.25) is 0 Å². The fourth-order valence-corrected chi connectivity index (χ4v) is 2.20. The molecule has 0 aliphatic heterocycles. The van der Waals surface area contributed by atoms with Crippen LogP contribution in [-0.4, -0.2) is 13.0 Å². The van der Waals surface area contributed by atoms with Crippen LogP contribution in [0.1, 0.15) is 30.5 Å². The van der Waals surface area contributed by atoms with Gasteiger partial charge in [-0.25, -0.2) is 4.39 Å². The number of hydrogen-bond donors (Lipinski definition) is 1. The fourth-order valence-electron chi connectivity index (χ4n) is 2.20. The van der Waals surface area contributed by atoms with Crippen molar-refractivity contribution in [1.82, 2.24) is 5.32 Å². The van der Waals surface area contributed by atoms with Gasteiger partial charge in [0.15, 0.2) is 0 Å². The maximum absolute atomic E-state index is 12.9. The third-order valence-electron chi connectivity index (χ3n) is 3.55. The molecule has 0 aliphatic carbocycles. The molecule has 116 valence electrons. The first-order valence-electron chi connectivity index (χ1n) is 7.26. The summed E-state index contributed by atoms with van der Waals surface area (Å²) in [4.78, 5) is 12.0. The van der Waals surface area contributed by atoms with Crippen LogP contribution in [0, 0.1) is 5.82 Å². The Labute approximate surface area is 130 Å². The maximum Gasteiger partial charge on any atom is 0.220 e. The second-order valence-electron chi connectivity index (χ2n) is 5.19. The molecular formula is C18H20FNO2. The van der Waals surface area contributed by atoms with Crippen LogP contribution in [-0.2, 0) is 11.2 Å². The second-order valence-corrected chi connectivity index (χ2v) is 5.19. The molecule has 1 amide bonds. The van der Waals surface area contributed by atoms with Crippen LogP contribution in [0.3, 0.4) is 0 Å². The molecule has 0 saturated heterocycles. The van der Waals surface area contributed by atoms with Gasteiger partial charge >= 0.3 is 0 Å². The molecule has 0 heterocycles. The maximum atomic E-state index is 12.9. The van der Waals surface area contributed by atoms with Crippen LogP contribution in [0.25, 0.3) is 0 Å². The molecule has 4 heteroatoms. The van der Waals surface area contributed by atoms with Gasteiger partial charge in [0.25, 0.3) is 0 Å². The number of aryl methyl sites for hydroxylation is 1. The van der Waals surface area contributed by atoms with E-state index < -0.39 is 0 Å². The Hall–Kier alpha value is -2.36. The molecule has 1 atom stereocenters. The molecule has 3 nitrogen and oxygen atoms in total. The minimum Gasteiger partial charge on any atom is -0.497 e. The van der Waals surface area contributed by atoms with Gasteiger partial charge in [-0.3, -0.25) is 4.79 Å². The van der Waals surface area contributed by atoms with E-state index in [9.17, 15) is 9.18 Å². The molecule has 1 unspecified atom stereocenters. The lowest BCUT2D eigenvalue weighted by molar-refractivity contribution is -0.121. The second kappa shape index (κ2) is 7.59. The number of ether oxygens (including phenoxy) is 1. The molecule has 0 saturated carbocycles. The van der Waals surface area contributed by atoms with Crippen LogP contribution in [0.15, 0.2) is 48.5 Å². The van der Waals surface area contributed by atoms with E-state index in [1.54, 1.807) is 19.2 Å². The third-order valence-corrected chi connectivity index (χ3v) is 3.55. The summed E-state index contributed by atoms with van der Waals surface area (Å²) < 4.78 is 18.0. The Balaban J connectivity index is 1.83. The average molecular weight is 301 g/mol. The summed E-state index contributed by atoms with van der Waals surface area (Å²) in [5, 5.41) is 2.92. The Bertz CT molecular complexity index is 608. The van der Waals surface area contributed by atoms with Gasteiger partial charge in [-0.2, -0.15) is 0 Å². The van der Waals surface area contributed by atoms with Crippen molar-refractivity contribution in [2.24, 2.45) is 0 Å². The highest BCUT2D eigenvalue weighted by atomic mass is 19.1. The van der Waals surface area contributed by atoms with Crippen molar-refractivity contribution in [3.05, 3.63) is 65.5 Å². The predicted octanol–water partition coefficient (Wildman–Crippen LogP) is 3.64. The number of hydrogen-bond acceptors (Lipinski definition) is 2. The summed E-state index contributed by atoms with van der Waals surface area (Å²) in [7, 11) is 1.62. The molecule has 2 aromatic rings. The summed E-state index contributed by atoms with van der Waals surface area (Å²) >= 11 is 0. The van der Waals surface area contributed by atoms with E-state index in [2.05, 4.69) is 5.32 Å². The standard InChI is InChI=1S/C18H20FNO2/c1-13(15-6-8-16(19)9-7-15)20-18(21)12-5-14-3-10-17(22-2)11-4-14/h3-4,6-11,13H,5,12H2,1-2H3,(H,20,21). The van der Waals surface area contributed by atoms with E-state index in [0.717, 1.165) is 16.9 Å². The molecule has 2 rings (SSSR count). The highest BCUT2D eigenvalue weighted by Gasteiger charge is 2.09. The Morgan fingerprint density at radius 1 is 1.14 bits per heavy atom. The van der Waals surface area contributed by atoms with Crippen LogP contribution in [0.5, 0.6) is 5.75 Å². The largest absolute Gasteiger partial charge is 0.497 e. The number of amides is 1. The lowest BCUT2D eigenvalue weighted by atomic mass is 10.1. The number of halogens is 1. The monoisotopic (exact) mass is 301 g/mol. The lowest BCUT2D eigenvalue weighted by Crippen LogP contribution is -2.26. The van der Waals surface area contributed by atoms with Gasteiger partial charge in [0.05, 0.1) is 13.2 Å². The van der Waals surface area contributed by atoms with Crippen LogP contribution >= 0.6 is 0 Å². The summed E-state index contributed by atoms with van der Waals surface area (Å²) in [6.45, 7) is 1.89. The van der Waals surface area contributed by atoms with Gasteiger partial charge in [-0.05, 0) is 48.7 Å². The molecule has 0 aliphatic rings. The van der Waals surface area contributed by atoms with Gasteiger partial charge in [0, 0.05) is 6.42 Å². The van der Waals surface area contributed by atoms with Crippen molar-refractivity contribution in [2.45, 2.75) is 25.8 Å². The molecule has 1 N–H and O–H groups in total. The molecule has 0 spiro atoms. The molecule has 0 fully saturated rings. The molecule has 0 bridgehead atoms. The first-order valence-corrected chi connectivity index (χ1v) is 7.26. The van der Waals surface area contributed by atoms with Crippen molar-refractivity contribution in [1.29, 1.82) is 0 Å². The molecule has 0 aromatic heterocycles. The van der Waals surface area contributed by atoms with E-state index in [1.807, 2.05) is 31.2 Å². The van der Waals surface area contributed by atoms with Gasteiger partial charge in [-0.15, -0.1) is 0 Å². The normalized spacial score (nSPS) is 11.8. The molecule has 2 aromatic carbocycles. The third kappa shape index (κ3) is 4.58. The fraction of sp³-hybridized carbons (Fsp3) is 0.278. The number of rotatable bonds is 6. The van der Waals surface area contributed by atoms with Crippen molar-refractivity contribution >= 4 is 5.91 Å². The minimum atomic E-state index is -0.276. The smallest absolute Gasteiger partial charge is 0.220 e. The van der Waals surface area contributed by atoms with E-state index in [4.69, 9.17) is 4.74 Å². The van der Waals surface area contributed by atoms with Crippen LogP contribution in [0.4, 0.5) is 4.39 Å². The zero-order valence-corrected chi connectivity index (χ0v) is 12.8. The average Bonchev–Trinajstić information content (AvgIpc) is 2.54. The summed E-state index contributed by atoms with van der Waals surface area (Å²) in [5.74, 6) is 0.507. The van der Waals surface area contributed by atoms with Crippen LogP contribution < -0.4 is 10.1 Å². The molecule has 22 heavy (non-hydrogen) atoms. The van der Waals surface area contributed by atoms with E-state index in [-0.39, 0.29) is 17.8 Å². The summed E-state index contributed by atoms with van der Waals surface area (Å²) in [6.07, 6.45) is 1.09. The minimum absolute atomic E-state index is 0.0207. The lowest BCUT2D eigenvalue weighted by Gasteiger charge is -2.14. The number of methoxy groups -OCH3 is 1. The van der Waals surface area contributed by atoms with E-state index in [1.165, 1.54) is 12.1 Å². The van der Waals surface area contributed by atoms with Crippen molar-refractivity contribution < 1.29 is 13.9 Å². The zero-order valence-electron chi connectivity index (χ0n) is 12.8. The number of carbonyl (C=O) groups excluding carboxylic acids is 1. The van der Waals surface area contributed by atoms with Crippen molar-refractivity contribution in [3.63, 3.8) is 0 Å². The first kappa shape index (κ1) is 16.0. The van der Waals surface area contributed by atoms with Gasteiger partial charge in [0.1, 0.15) is 11.6 Å². The summed E-state index contributed by atoms with van der Waals surface area (Å²) in [5.41, 5.74) is 1.98. The number of carbonyl (C=O) groups is 1. The van der Waals surface area contributed by atoms with E-state index in [0.29, 0.717) is 12.8 Å². The molecule has 0 radical (unpaired) electrons. The van der Waals surface area contributed by atoms with Gasteiger partial charge in [-0.1, -0.05) is 24.3 Å². The topological polar surface area (TPSA) is 38.3 Å². The van der Waals surface area contributed by atoms with E-state index >= 15 is 0 Å². The van der Waals surface area contributed by atoms with Crippen molar-refractivity contribution in [2.75, 3.05) is 7.11 Å². The number of benzene rings is 2. The highest BCUT2D eigenvalue weighted by Crippen LogP contribution is 2.15. The Morgan fingerprint density at radius 3 is 2.36 bits per heavy atom. The van der Waals surface area contributed by atoms with Gasteiger partial charge in [0.2, 0.25) is 5.91 Å². The number of nitrogens with one attached hydrogen (secondary N) is 1. The SMILES string of the molecule is COc1ccc(CCC(=O)NC(C)c2ccc(F)cc2)cc1. The van der Waals surface area contributed by atoms with Crippen molar-refractivity contribution in [3.8, 4) is 5.75 Å². The Morgan fingerprint density at radius 2 is 1.77 bits per heavy atom. The first-order chi connectivity index (χ1) is 10.6. The predicted molar refractivity (Wildman–Crippen MR) is 84.3 cm³/mol. The zero-order chi connectivity index (χ0) is 15.9.